The Kier molecular flexibility index (Phi) is 6.76. The summed E-state index contributed by atoms with van der Waals surface area (Å²) >= 11 is 0. The van der Waals surface area contributed by atoms with E-state index in [2.05, 4.69) is 17.0 Å². The molecule has 0 saturated carbocycles. The summed E-state index contributed by atoms with van der Waals surface area (Å²) in [7, 11) is 0. The first kappa shape index (κ1) is 20.2. The molecule has 1 aliphatic rings. The van der Waals surface area contributed by atoms with Crippen LogP contribution in [0.2, 0.25) is 0 Å². The van der Waals surface area contributed by atoms with Crippen LogP contribution in [-0.4, -0.2) is 41.6 Å². The molecule has 0 aromatic heterocycles. The van der Waals surface area contributed by atoms with Crippen LogP contribution in [-0.2, 0) is 4.79 Å². The lowest BCUT2D eigenvalue weighted by atomic mass is 9.89. The van der Waals surface area contributed by atoms with Gasteiger partial charge in [-0.3, -0.25) is 10.2 Å². The fourth-order valence-electron chi connectivity index (χ4n) is 2.99. The highest BCUT2D eigenvalue weighted by Crippen LogP contribution is 2.28. The lowest BCUT2D eigenvalue weighted by molar-refractivity contribution is -0.130. The minimum Gasteiger partial charge on any atom is -0.331 e. The van der Waals surface area contributed by atoms with Gasteiger partial charge >= 0.3 is 6.03 Å². The van der Waals surface area contributed by atoms with Crippen molar-refractivity contribution in [2.24, 2.45) is 10.9 Å². The molecule has 1 heterocycles. The molecule has 1 aromatic rings. The number of rotatable bonds is 7. The molecule has 2 rings (SSSR count). The first-order chi connectivity index (χ1) is 12.9. The van der Waals surface area contributed by atoms with Crippen molar-refractivity contribution >= 4 is 30.7 Å². The third-order valence-corrected chi connectivity index (χ3v) is 4.66. The topological polar surface area (TPSA) is 109 Å². The number of nitrogens with zero attached hydrogens (tertiary/aromatic N) is 2. The third-order valence-electron chi connectivity index (χ3n) is 4.66. The average Bonchev–Trinajstić information content (AvgIpc) is 2.68. The zero-order valence-corrected chi connectivity index (χ0v) is 15.6. The van der Waals surface area contributed by atoms with Gasteiger partial charge in [-0.1, -0.05) is 43.3 Å². The highest BCUT2D eigenvalue weighted by molar-refractivity contribution is 6.16. The zero-order chi connectivity index (χ0) is 20.0. The number of amidine groups is 1. The van der Waals surface area contributed by atoms with Crippen LogP contribution in [0.5, 0.6) is 0 Å². The van der Waals surface area contributed by atoms with Crippen LogP contribution in [0.4, 0.5) is 4.79 Å². The number of allylic oxidation sites excluding steroid dienone is 1. The second-order valence-corrected chi connectivity index (χ2v) is 6.47. The molecule has 7 nitrogen and oxygen atoms in total. The normalized spacial score (nSPS) is 19.8. The van der Waals surface area contributed by atoms with Crippen molar-refractivity contribution in [1.29, 1.82) is 10.8 Å². The van der Waals surface area contributed by atoms with Crippen molar-refractivity contribution in [3.05, 3.63) is 47.5 Å². The van der Waals surface area contributed by atoms with Gasteiger partial charge in [-0.2, -0.15) is 0 Å². The molecule has 1 saturated heterocycles. The summed E-state index contributed by atoms with van der Waals surface area (Å²) in [5, 5.41) is 18.1. The summed E-state index contributed by atoms with van der Waals surface area (Å²) < 4.78 is 0. The first-order valence-electron chi connectivity index (χ1n) is 8.88. The van der Waals surface area contributed by atoms with E-state index in [0.717, 1.165) is 23.1 Å². The monoisotopic (exact) mass is 367 g/mol. The van der Waals surface area contributed by atoms with E-state index in [1.807, 2.05) is 44.2 Å². The lowest BCUT2D eigenvalue weighted by Gasteiger charge is -2.39. The maximum absolute atomic E-state index is 12.5. The first-order valence-corrected chi connectivity index (χ1v) is 8.88. The van der Waals surface area contributed by atoms with Gasteiger partial charge < -0.3 is 10.7 Å². The van der Waals surface area contributed by atoms with Crippen molar-refractivity contribution in [1.82, 2.24) is 10.2 Å². The van der Waals surface area contributed by atoms with E-state index in [1.165, 1.54) is 0 Å². The Morgan fingerprint density at radius 2 is 2.07 bits per heavy atom. The standard InChI is InChI=1S/C20H25N5O2/c1-4-14(11-18(22)23-3)10-16-17(12-21)25(19(16)26)20(27)24-13(2)15-8-6-5-7-9-15/h5-10,12-14,17,21-22H,3-4,11H2,1-2H3,(H,24,27)/b16-10-,21-12?,22-18?. The number of hydrogen-bond acceptors (Lipinski definition) is 4. The molecule has 0 spiro atoms. The minimum absolute atomic E-state index is 0.0575. The Morgan fingerprint density at radius 3 is 2.63 bits per heavy atom. The Labute approximate surface area is 159 Å². The highest BCUT2D eigenvalue weighted by Gasteiger charge is 2.45. The largest absolute Gasteiger partial charge is 0.331 e. The molecular weight excluding hydrogens is 342 g/mol. The van der Waals surface area contributed by atoms with Crippen LogP contribution in [0.25, 0.3) is 0 Å². The van der Waals surface area contributed by atoms with Gasteiger partial charge in [0.25, 0.3) is 5.91 Å². The molecule has 3 atom stereocenters. The van der Waals surface area contributed by atoms with Gasteiger partial charge in [-0.15, -0.1) is 0 Å². The Balaban J connectivity index is 2.09. The van der Waals surface area contributed by atoms with Crippen LogP contribution in [0.1, 0.15) is 38.3 Å². The summed E-state index contributed by atoms with van der Waals surface area (Å²) in [6, 6.07) is 8.01. The van der Waals surface area contributed by atoms with E-state index in [-0.39, 0.29) is 17.8 Å². The number of β-lactam (4-membered cyclic amide) rings is 1. The van der Waals surface area contributed by atoms with Crippen LogP contribution >= 0.6 is 0 Å². The van der Waals surface area contributed by atoms with E-state index in [4.69, 9.17) is 10.8 Å². The van der Waals surface area contributed by atoms with E-state index in [1.54, 1.807) is 6.08 Å². The average molecular weight is 367 g/mol. The molecule has 3 N–H and O–H groups in total. The maximum atomic E-state index is 12.5. The van der Waals surface area contributed by atoms with Crippen molar-refractivity contribution in [3.8, 4) is 0 Å². The summed E-state index contributed by atoms with van der Waals surface area (Å²) in [5.41, 5.74) is 1.35. The van der Waals surface area contributed by atoms with Crippen LogP contribution in [0.15, 0.2) is 47.0 Å². The molecule has 3 unspecified atom stereocenters. The van der Waals surface area contributed by atoms with E-state index in [0.29, 0.717) is 12.0 Å². The molecule has 3 amide bonds. The molecule has 0 bridgehead atoms. The van der Waals surface area contributed by atoms with E-state index in [9.17, 15) is 9.59 Å². The highest BCUT2D eigenvalue weighted by atomic mass is 16.2. The molecular formula is C20H25N5O2. The van der Waals surface area contributed by atoms with E-state index < -0.39 is 18.0 Å². The number of carbonyl (C=O) groups is 2. The number of nitrogens with one attached hydrogen (secondary N) is 3. The number of urea groups is 1. The van der Waals surface area contributed by atoms with Gasteiger partial charge in [-0.25, -0.2) is 14.7 Å². The second kappa shape index (κ2) is 9.02. The van der Waals surface area contributed by atoms with Gasteiger partial charge in [-0.05, 0) is 31.5 Å². The minimum atomic E-state index is -0.680. The molecule has 1 aromatic carbocycles. The second-order valence-electron chi connectivity index (χ2n) is 6.47. The molecule has 1 fully saturated rings. The quantitative estimate of drug-likeness (QED) is 0.297. The van der Waals surface area contributed by atoms with Gasteiger partial charge in [0.2, 0.25) is 0 Å². The molecule has 0 radical (unpaired) electrons. The zero-order valence-electron chi connectivity index (χ0n) is 15.6. The van der Waals surface area contributed by atoms with Crippen LogP contribution in [0.3, 0.4) is 0 Å². The number of likely N-dealkylation sites (tertiary alicyclic amines) is 1. The number of imide groups is 1. The predicted octanol–water partition coefficient (Wildman–Crippen LogP) is 3.34. The van der Waals surface area contributed by atoms with Crippen molar-refractivity contribution < 1.29 is 9.59 Å². The van der Waals surface area contributed by atoms with Crippen molar-refractivity contribution in [2.75, 3.05) is 0 Å². The number of benzene rings is 1. The Morgan fingerprint density at radius 1 is 1.41 bits per heavy atom. The molecule has 142 valence electrons. The summed E-state index contributed by atoms with van der Waals surface area (Å²) in [6.45, 7) is 7.13. The van der Waals surface area contributed by atoms with Crippen LogP contribution < -0.4 is 5.32 Å². The summed E-state index contributed by atoms with van der Waals surface area (Å²) in [4.78, 5) is 29.7. The fraction of sp³-hybridized carbons (Fsp3) is 0.350. The number of aliphatic imine (C=N–C) groups is 1. The maximum Gasteiger partial charge on any atom is 0.325 e. The Hall–Kier alpha value is -3.09. The number of hydrogen-bond donors (Lipinski definition) is 3. The van der Waals surface area contributed by atoms with Gasteiger partial charge in [0.05, 0.1) is 6.04 Å². The lowest BCUT2D eigenvalue weighted by Crippen LogP contribution is -2.61. The van der Waals surface area contributed by atoms with Gasteiger partial charge in [0, 0.05) is 18.2 Å². The van der Waals surface area contributed by atoms with Gasteiger partial charge in [0.15, 0.2) is 0 Å². The van der Waals surface area contributed by atoms with Gasteiger partial charge in [0.1, 0.15) is 11.9 Å². The van der Waals surface area contributed by atoms with Crippen molar-refractivity contribution in [3.63, 3.8) is 0 Å². The predicted molar refractivity (Wildman–Crippen MR) is 107 cm³/mol. The van der Waals surface area contributed by atoms with E-state index >= 15 is 0 Å². The number of amides is 3. The number of carbonyl (C=O) groups excluding carboxylic acids is 2. The molecule has 1 aliphatic heterocycles. The fourth-order valence-corrected chi connectivity index (χ4v) is 2.99. The SMILES string of the molecule is C=NC(=N)CC(/C=C1\C(=O)N(C(=O)NC(C)c2ccccc2)C1C=N)CC. The third kappa shape index (κ3) is 4.55. The smallest absolute Gasteiger partial charge is 0.325 e. The summed E-state index contributed by atoms with van der Waals surface area (Å²) in [6.07, 6.45) is 3.93. The molecule has 27 heavy (non-hydrogen) atoms. The molecule has 0 aliphatic carbocycles. The summed E-state index contributed by atoms with van der Waals surface area (Å²) in [5.74, 6) is -0.307. The van der Waals surface area contributed by atoms with Crippen molar-refractivity contribution in [2.45, 2.75) is 38.8 Å². The molecule has 7 heteroatoms. The Bertz CT molecular complexity index is 772. The van der Waals surface area contributed by atoms with Crippen LogP contribution in [0, 0.1) is 16.7 Å².